The van der Waals surface area contributed by atoms with E-state index in [0.717, 1.165) is 12.1 Å². The Kier molecular flexibility index (Phi) is 5.24. The monoisotopic (exact) mass is 359 g/mol. The van der Waals surface area contributed by atoms with Crippen LogP contribution in [0.5, 0.6) is 5.75 Å². The van der Waals surface area contributed by atoms with E-state index >= 15 is 0 Å². The number of cyclic esters (lactones) is 2. The molecule has 1 fully saturated rings. The average molecular weight is 359 g/mol. The van der Waals surface area contributed by atoms with E-state index in [1.54, 1.807) is 0 Å². The first-order valence-electron chi connectivity index (χ1n) is 7.22. The predicted octanol–water partition coefficient (Wildman–Crippen LogP) is 3.38. The zero-order chi connectivity index (χ0) is 18.7. The van der Waals surface area contributed by atoms with Gasteiger partial charge in [0.1, 0.15) is 31.0 Å². The van der Waals surface area contributed by atoms with Crippen LogP contribution in [0.4, 0.5) is 23.7 Å². The molecule has 1 aromatic carbocycles. The molecule has 1 heterocycles. The molecule has 0 radical (unpaired) electrons. The van der Waals surface area contributed by atoms with Gasteiger partial charge in [-0.1, -0.05) is 12.7 Å². The Bertz CT molecular complexity index is 677. The van der Waals surface area contributed by atoms with Crippen LogP contribution in [0.15, 0.2) is 30.9 Å². The van der Waals surface area contributed by atoms with E-state index in [4.69, 9.17) is 4.74 Å². The van der Waals surface area contributed by atoms with Gasteiger partial charge < -0.3 is 19.5 Å². The van der Waals surface area contributed by atoms with Crippen LogP contribution in [0.25, 0.3) is 0 Å². The van der Waals surface area contributed by atoms with E-state index in [-0.39, 0.29) is 31.3 Å². The average Bonchev–Trinajstić information content (AvgIpc) is 2.55. The Balaban J connectivity index is 2.20. The molecule has 0 unspecified atom stereocenters. The number of rotatable bonds is 5. The minimum absolute atomic E-state index is 0.0681. The van der Waals surface area contributed by atoms with Gasteiger partial charge in [0.2, 0.25) is 5.91 Å². The van der Waals surface area contributed by atoms with Crippen LogP contribution in [0, 0.1) is 5.41 Å². The van der Waals surface area contributed by atoms with Crippen molar-refractivity contribution in [3.8, 4) is 5.75 Å². The van der Waals surface area contributed by atoms with E-state index in [0.29, 0.717) is 0 Å². The molecule has 6 nitrogen and oxygen atoms in total. The molecule has 0 saturated carbocycles. The molecule has 9 heteroatoms. The highest BCUT2D eigenvalue weighted by Gasteiger charge is 2.41. The summed E-state index contributed by atoms with van der Waals surface area (Å²) in [5.41, 5.74) is -2.30. The summed E-state index contributed by atoms with van der Waals surface area (Å²) < 4.78 is 53.8. The molecule has 136 valence electrons. The molecule has 0 aromatic heterocycles. The summed E-state index contributed by atoms with van der Waals surface area (Å²) in [5, 5.41) is 2.38. The maximum absolute atomic E-state index is 13.2. The van der Waals surface area contributed by atoms with Crippen LogP contribution in [0.2, 0.25) is 0 Å². The first-order chi connectivity index (χ1) is 11.7. The van der Waals surface area contributed by atoms with Crippen LogP contribution in [0.3, 0.4) is 0 Å². The fourth-order valence-corrected chi connectivity index (χ4v) is 2.04. The van der Waals surface area contributed by atoms with Crippen molar-refractivity contribution in [2.75, 3.05) is 25.1 Å². The molecule has 0 atom stereocenters. The maximum atomic E-state index is 13.2. The highest BCUT2D eigenvalue weighted by Crippen LogP contribution is 2.38. The molecule has 0 aliphatic carbocycles. The third-order valence-corrected chi connectivity index (χ3v) is 3.46. The second kappa shape index (κ2) is 7.04. The molecule has 1 saturated heterocycles. The lowest BCUT2D eigenvalue weighted by atomic mass is 9.91. The molecule has 25 heavy (non-hydrogen) atoms. The number of hydrogen-bond acceptors (Lipinski definition) is 5. The fourth-order valence-electron chi connectivity index (χ4n) is 2.04. The molecule has 2 rings (SSSR count). The van der Waals surface area contributed by atoms with Gasteiger partial charge in [-0.05, 0) is 25.1 Å². The zero-order valence-electron chi connectivity index (χ0n) is 13.3. The number of ether oxygens (including phenoxy) is 3. The largest absolute Gasteiger partial charge is 0.508 e. The third-order valence-electron chi connectivity index (χ3n) is 3.46. The third kappa shape index (κ3) is 4.43. The van der Waals surface area contributed by atoms with Gasteiger partial charge in [0.25, 0.3) is 0 Å². The summed E-state index contributed by atoms with van der Waals surface area (Å²) in [7, 11) is 0. The Morgan fingerprint density at radius 2 is 2.04 bits per heavy atom. The van der Waals surface area contributed by atoms with Gasteiger partial charge >= 0.3 is 12.3 Å². The molecule has 1 aromatic rings. The maximum Gasteiger partial charge on any atom is 0.508 e. The number of hydrogen-bond donors (Lipinski definition) is 1. The quantitative estimate of drug-likeness (QED) is 0.644. The number of alkyl halides is 3. The minimum atomic E-state index is -4.66. The first kappa shape index (κ1) is 18.6. The van der Waals surface area contributed by atoms with E-state index in [1.165, 1.54) is 19.1 Å². The van der Waals surface area contributed by atoms with E-state index in [1.807, 2.05) is 0 Å². The topological polar surface area (TPSA) is 73.9 Å². The number of carbonyl (C=O) groups is 2. The summed E-state index contributed by atoms with van der Waals surface area (Å²) in [6.45, 7) is 4.30. The van der Waals surface area contributed by atoms with E-state index in [2.05, 4.69) is 21.4 Å². The second-order valence-electron chi connectivity index (χ2n) is 5.65. The Hall–Kier alpha value is -2.71. The van der Waals surface area contributed by atoms with Crippen LogP contribution < -0.4 is 10.1 Å². The van der Waals surface area contributed by atoms with Crippen LogP contribution in [-0.2, 0) is 20.4 Å². The highest BCUT2D eigenvalue weighted by atomic mass is 19.4. The van der Waals surface area contributed by atoms with E-state index < -0.39 is 29.2 Å². The number of carbonyl (C=O) groups excluding carboxylic acids is 2. The van der Waals surface area contributed by atoms with Gasteiger partial charge in [-0.2, -0.15) is 13.2 Å². The molecular weight excluding hydrogens is 343 g/mol. The van der Waals surface area contributed by atoms with Crippen molar-refractivity contribution in [3.05, 3.63) is 36.4 Å². The van der Waals surface area contributed by atoms with E-state index in [9.17, 15) is 22.8 Å². The molecule has 0 bridgehead atoms. The number of halogens is 3. The minimum Gasteiger partial charge on any atom is -0.489 e. The van der Waals surface area contributed by atoms with Gasteiger partial charge in [-0.15, -0.1) is 0 Å². The molecule has 1 amide bonds. The lowest BCUT2D eigenvalue weighted by Gasteiger charge is -2.30. The lowest BCUT2D eigenvalue weighted by molar-refractivity contribution is -0.139. The number of benzene rings is 1. The zero-order valence-corrected chi connectivity index (χ0v) is 13.3. The number of amides is 1. The first-order valence-corrected chi connectivity index (χ1v) is 7.22. The van der Waals surface area contributed by atoms with Crippen molar-refractivity contribution in [2.24, 2.45) is 5.41 Å². The van der Waals surface area contributed by atoms with Crippen molar-refractivity contribution in [1.82, 2.24) is 0 Å². The Labute approximate surface area is 141 Å². The van der Waals surface area contributed by atoms with Crippen molar-refractivity contribution in [1.29, 1.82) is 0 Å². The van der Waals surface area contributed by atoms with Gasteiger partial charge in [0.05, 0.1) is 5.56 Å². The predicted molar refractivity (Wildman–Crippen MR) is 81.2 cm³/mol. The fraction of sp³-hybridized carbons (Fsp3) is 0.375. The Morgan fingerprint density at radius 3 is 2.60 bits per heavy atom. The molecule has 1 aliphatic heterocycles. The summed E-state index contributed by atoms with van der Waals surface area (Å²) in [5.74, 6) is -1.00. The van der Waals surface area contributed by atoms with Gasteiger partial charge in [0.15, 0.2) is 0 Å². The van der Waals surface area contributed by atoms with Crippen LogP contribution in [0.1, 0.15) is 12.5 Å². The second-order valence-corrected chi connectivity index (χ2v) is 5.65. The van der Waals surface area contributed by atoms with Crippen molar-refractivity contribution in [3.63, 3.8) is 0 Å². The normalized spacial score (nSPS) is 16.4. The number of anilines is 1. The SMILES string of the molecule is C=CCOc1ccc(NC(=O)C2(C)COC(=O)OC2)cc1C(F)(F)F. The molecular formula is C16H16F3NO5. The summed E-state index contributed by atoms with van der Waals surface area (Å²) in [4.78, 5) is 23.2. The summed E-state index contributed by atoms with van der Waals surface area (Å²) in [6, 6.07) is 3.17. The van der Waals surface area contributed by atoms with Crippen molar-refractivity contribution in [2.45, 2.75) is 13.1 Å². The number of nitrogens with one attached hydrogen (secondary N) is 1. The van der Waals surface area contributed by atoms with Gasteiger partial charge in [0, 0.05) is 5.69 Å². The van der Waals surface area contributed by atoms with Crippen molar-refractivity contribution >= 4 is 17.7 Å². The summed E-state index contributed by atoms with van der Waals surface area (Å²) >= 11 is 0. The highest BCUT2D eigenvalue weighted by molar-refractivity contribution is 5.96. The van der Waals surface area contributed by atoms with Gasteiger partial charge in [-0.25, -0.2) is 4.79 Å². The molecule has 1 N–H and O–H groups in total. The Morgan fingerprint density at radius 1 is 1.40 bits per heavy atom. The standard InChI is InChI=1S/C16H16F3NO5/c1-3-6-23-12-5-4-10(7-11(12)16(17,18)19)20-13(21)15(2)8-24-14(22)25-9-15/h3-5,7H,1,6,8-9H2,2H3,(H,20,21). The van der Waals surface area contributed by atoms with Crippen LogP contribution >= 0.6 is 0 Å². The van der Waals surface area contributed by atoms with Crippen LogP contribution in [-0.4, -0.2) is 31.9 Å². The smallest absolute Gasteiger partial charge is 0.489 e. The van der Waals surface area contributed by atoms with Crippen molar-refractivity contribution < 1.29 is 37.0 Å². The van der Waals surface area contributed by atoms with Gasteiger partial charge in [-0.3, -0.25) is 4.79 Å². The molecule has 0 spiro atoms. The summed E-state index contributed by atoms with van der Waals surface area (Å²) in [6.07, 6.45) is -4.24. The molecule has 1 aliphatic rings. The lowest BCUT2D eigenvalue weighted by Crippen LogP contribution is -2.46.